The Balaban J connectivity index is 2.57. The van der Waals surface area contributed by atoms with Crippen LogP contribution in [-0.2, 0) is 16.0 Å². The minimum Gasteiger partial charge on any atom is -0.368 e. The first-order valence-corrected chi connectivity index (χ1v) is 6.13. The number of carbonyl (C=O) groups is 1. The monoisotopic (exact) mass is 274 g/mol. The van der Waals surface area contributed by atoms with Crippen LogP contribution in [0.2, 0.25) is 10.0 Å². The summed E-state index contributed by atoms with van der Waals surface area (Å²) in [5, 5.41) is 1.08. The molecule has 0 aliphatic heterocycles. The van der Waals surface area contributed by atoms with Crippen LogP contribution in [0.4, 0.5) is 0 Å². The molecule has 4 heteroatoms. The maximum absolute atomic E-state index is 11.7. The van der Waals surface area contributed by atoms with Gasteiger partial charge in [0.05, 0.1) is 5.60 Å². The van der Waals surface area contributed by atoms with Crippen molar-refractivity contribution in [2.24, 2.45) is 0 Å². The lowest BCUT2D eigenvalue weighted by Gasteiger charge is -2.18. The van der Waals surface area contributed by atoms with Gasteiger partial charge >= 0.3 is 0 Å². The second-order valence-electron chi connectivity index (χ2n) is 4.85. The third-order valence-electron chi connectivity index (χ3n) is 2.07. The molecule has 2 nitrogen and oxygen atoms in total. The summed E-state index contributed by atoms with van der Waals surface area (Å²) >= 11 is 11.8. The number of carbonyl (C=O) groups excluding carboxylic acids is 1. The van der Waals surface area contributed by atoms with E-state index in [0.717, 1.165) is 5.56 Å². The third kappa shape index (κ3) is 5.53. The highest BCUT2D eigenvalue weighted by atomic mass is 35.5. The van der Waals surface area contributed by atoms with Gasteiger partial charge in [0, 0.05) is 16.5 Å². The van der Waals surface area contributed by atoms with Crippen molar-refractivity contribution in [2.75, 3.05) is 6.61 Å². The molecule has 0 bridgehead atoms. The number of halogens is 2. The van der Waals surface area contributed by atoms with E-state index in [-0.39, 0.29) is 24.4 Å². The highest BCUT2D eigenvalue weighted by molar-refractivity contribution is 6.35. The number of hydrogen-bond acceptors (Lipinski definition) is 2. The molecule has 0 fully saturated rings. The summed E-state index contributed by atoms with van der Waals surface area (Å²) in [5.41, 5.74) is 0.470. The van der Waals surface area contributed by atoms with Crippen molar-refractivity contribution in [2.45, 2.75) is 32.8 Å². The Morgan fingerprint density at radius 2 is 1.94 bits per heavy atom. The Labute approximate surface area is 112 Å². The van der Waals surface area contributed by atoms with Crippen LogP contribution < -0.4 is 0 Å². The quantitative estimate of drug-likeness (QED) is 0.832. The van der Waals surface area contributed by atoms with Crippen molar-refractivity contribution in [1.29, 1.82) is 0 Å². The van der Waals surface area contributed by atoms with Gasteiger partial charge in [0.25, 0.3) is 0 Å². The maximum Gasteiger partial charge on any atom is 0.162 e. The summed E-state index contributed by atoms with van der Waals surface area (Å²) in [5.74, 6) is 0.00384. The second-order valence-corrected chi connectivity index (χ2v) is 5.70. The summed E-state index contributed by atoms with van der Waals surface area (Å²) in [4.78, 5) is 11.7. The lowest BCUT2D eigenvalue weighted by atomic mass is 10.1. The number of hydrogen-bond donors (Lipinski definition) is 0. The molecule has 0 spiro atoms. The summed E-state index contributed by atoms with van der Waals surface area (Å²) in [7, 11) is 0. The Morgan fingerprint density at radius 3 is 2.47 bits per heavy atom. The smallest absolute Gasteiger partial charge is 0.162 e. The van der Waals surface area contributed by atoms with E-state index in [9.17, 15) is 4.79 Å². The Morgan fingerprint density at radius 1 is 1.29 bits per heavy atom. The average Bonchev–Trinajstić information content (AvgIpc) is 2.18. The van der Waals surface area contributed by atoms with E-state index in [4.69, 9.17) is 27.9 Å². The molecular weight excluding hydrogens is 259 g/mol. The Hall–Kier alpha value is -0.570. The van der Waals surface area contributed by atoms with Crippen molar-refractivity contribution in [1.82, 2.24) is 0 Å². The summed E-state index contributed by atoms with van der Waals surface area (Å²) in [6.45, 7) is 5.84. The van der Waals surface area contributed by atoms with Gasteiger partial charge in [0.1, 0.15) is 6.61 Å². The SMILES string of the molecule is CC(C)(C)OCC(=O)Cc1ccc(Cl)cc1Cl. The summed E-state index contributed by atoms with van der Waals surface area (Å²) < 4.78 is 5.41. The molecule has 17 heavy (non-hydrogen) atoms. The van der Waals surface area contributed by atoms with Crippen molar-refractivity contribution >= 4 is 29.0 Å². The molecule has 0 radical (unpaired) electrons. The molecule has 0 aromatic heterocycles. The summed E-state index contributed by atoms with van der Waals surface area (Å²) in [6, 6.07) is 5.12. The highest BCUT2D eigenvalue weighted by Gasteiger charge is 2.14. The van der Waals surface area contributed by atoms with E-state index in [1.54, 1.807) is 18.2 Å². The molecule has 1 rings (SSSR count). The zero-order valence-electron chi connectivity index (χ0n) is 10.2. The molecule has 1 aromatic carbocycles. The predicted molar refractivity (Wildman–Crippen MR) is 70.9 cm³/mol. The molecule has 0 unspecified atom stereocenters. The maximum atomic E-state index is 11.7. The second kappa shape index (κ2) is 5.85. The van der Waals surface area contributed by atoms with Gasteiger partial charge in [-0.1, -0.05) is 29.3 Å². The molecule has 1 aromatic rings. The van der Waals surface area contributed by atoms with Crippen LogP contribution in [-0.4, -0.2) is 18.0 Å². The molecule has 0 atom stereocenters. The van der Waals surface area contributed by atoms with Gasteiger partial charge in [-0.3, -0.25) is 4.79 Å². The van der Waals surface area contributed by atoms with Gasteiger partial charge < -0.3 is 4.74 Å². The lowest BCUT2D eigenvalue weighted by Crippen LogP contribution is -2.24. The van der Waals surface area contributed by atoms with E-state index < -0.39 is 0 Å². The Kier molecular flexibility index (Phi) is 4.99. The van der Waals surface area contributed by atoms with E-state index in [1.807, 2.05) is 20.8 Å². The van der Waals surface area contributed by atoms with Gasteiger partial charge in [-0.05, 0) is 38.5 Å². The van der Waals surface area contributed by atoms with E-state index in [1.165, 1.54) is 0 Å². The number of Topliss-reactive ketones (excluding diaryl/α,β-unsaturated/α-hetero) is 1. The molecule has 0 saturated heterocycles. The van der Waals surface area contributed by atoms with Crippen LogP contribution in [0, 0.1) is 0 Å². The minimum atomic E-state index is -0.306. The van der Waals surface area contributed by atoms with Gasteiger partial charge in [-0.2, -0.15) is 0 Å². The first-order chi connectivity index (χ1) is 7.78. The molecule has 0 heterocycles. The molecule has 0 N–H and O–H groups in total. The van der Waals surface area contributed by atoms with E-state index >= 15 is 0 Å². The standard InChI is InChI=1S/C13H16Cl2O2/c1-13(2,3)17-8-11(16)6-9-4-5-10(14)7-12(9)15/h4-5,7H,6,8H2,1-3H3. The van der Waals surface area contributed by atoms with Crippen LogP contribution in [0.15, 0.2) is 18.2 Å². The molecule has 94 valence electrons. The van der Waals surface area contributed by atoms with Crippen LogP contribution in [0.1, 0.15) is 26.3 Å². The van der Waals surface area contributed by atoms with Gasteiger partial charge in [0.2, 0.25) is 0 Å². The zero-order chi connectivity index (χ0) is 13.1. The van der Waals surface area contributed by atoms with Crippen molar-refractivity contribution in [3.05, 3.63) is 33.8 Å². The zero-order valence-corrected chi connectivity index (χ0v) is 11.7. The first kappa shape index (κ1) is 14.5. The Bertz CT molecular complexity index is 408. The highest BCUT2D eigenvalue weighted by Crippen LogP contribution is 2.21. The predicted octanol–water partition coefficient (Wildman–Crippen LogP) is 3.92. The van der Waals surface area contributed by atoms with Crippen molar-refractivity contribution in [3.8, 4) is 0 Å². The molecule has 0 aliphatic carbocycles. The lowest BCUT2D eigenvalue weighted by molar-refractivity contribution is -0.127. The topological polar surface area (TPSA) is 26.3 Å². The molecule has 0 amide bonds. The number of benzene rings is 1. The van der Waals surface area contributed by atoms with Gasteiger partial charge in [-0.15, -0.1) is 0 Å². The fraction of sp³-hybridized carbons (Fsp3) is 0.462. The largest absolute Gasteiger partial charge is 0.368 e. The molecule has 0 saturated carbocycles. The van der Waals surface area contributed by atoms with Crippen molar-refractivity contribution in [3.63, 3.8) is 0 Å². The molecule has 0 aliphatic rings. The first-order valence-electron chi connectivity index (χ1n) is 5.37. The van der Waals surface area contributed by atoms with Crippen LogP contribution in [0.25, 0.3) is 0 Å². The van der Waals surface area contributed by atoms with Crippen LogP contribution >= 0.6 is 23.2 Å². The van der Waals surface area contributed by atoms with Crippen molar-refractivity contribution < 1.29 is 9.53 Å². The van der Waals surface area contributed by atoms with Gasteiger partial charge in [-0.25, -0.2) is 0 Å². The normalized spacial score (nSPS) is 11.6. The van der Waals surface area contributed by atoms with Crippen LogP contribution in [0.3, 0.4) is 0 Å². The number of rotatable bonds is 4. The summed E-state index contributed by atoms with van der Waals surface area (Å²) in [6.07, 6.45) is 0.270. The number of ether oxygens (including phenoxy) is 1. The fourth-order valence-electron chi connectivity index (χ4n) is 1.23. The van der Waals surface area contributed by atoms with E-state index in [0.29, 0.717) is 10.0 Å². The molecular formula is C13H16Cl2O2. The third-order valence-corrected chi connectivity index (χ3v) is 2.66. The van der Waals surface area contributed by atoms with Gasteiger partial charge in [0.15, 0.2) is 5.78 Å². The van der Waals surface area contributed by atoms with Crippen LogP contribution in [0.5, 0.6) is 0 Å². The number of ketones is 1. The van der Waals surface area contributed by atoms with E-state index in [2.05, 4.69) is 0 Å². The average molecular weight is 275 g/mol. The minimum absolute atomic E-state index is 0.00384. The fourth-order valence-corrected chi connectivity index (χ4v) is 1.70.